The molecule has 0 unspecified atom stereocenters. The summed E-state index contributed by atoms with van der Waals surface area (Å²) in [5.74, 6) is 1.79. The molecule has 2 aromatic rings. The molecule has 0 spiro atoms. The van der Waals surface area contributed by atoms with Crippen LogP contribution in [0.25, 0.3) is 10.9 Å². The van der Waals surface area contributed by atoms with Gasteiger partial charge in [0.25, 0.3) is 0 Å². The number of rotatable bonds is 2. The standard InChI is InChI=1S/C22H26N2O4/c1-12-18-10-24-7-6-16-15-5-4-14(26-3)8-19(15)23-22(16)20(24)9-17(18)21(11-27-12)28-13(2)25/h4-5,8,11-12,17-18,20,23H,6-7,9-10H2,1-3H3/t12-,17-,18-,20-/m1/s1. The molecule has 148 valence electrons. The van der Waals surface area contributed by atoms with Crippen LogP contribution in [0.2, 0.25) is 0 Å². The minimum absolute atomic E-state index is 0.124. The van der Waals surface area contributed by atoms with Crippen molar-refractivity contribution in [2.24, 2.45) is 11.8 Å². The van der Waals surface area contributed by atoms with E-state index in [0.29, 0.717) is 17.7 Å². The molecule has 6 nitrogen and oxygen atoms in total. The molecule has 0 bridgehead atoms. The first-order valence-corrected chi connectivity index (χ1v) is 10.0. The molecule has 3 aliphatic heterocycles. The third-order valence-corrected chi connectivity index (χ3v) is 6.64. The second-order valence-electron chi connectivity index (χ2n) is 8.15. The number of esters is 1. The van der Waals surface area contributed by atoms with E-state index in [0.717, 1.165) is 37.2 Å². The van der Waals surface area contributed by atoms with Crippen molar-refractivity contribution in [1.82, 2.24) is 9.88 Å². The molecule has 0 aliphatic carbocycles. The first-order valence-electron chi connectivity index (χ1n) is 10.0. The number of carbonyl (C=O) groups excluding carboxylic acids is 1. The maximum absolute atomic E-state index is 11.6. The molecule has 1 N–H and O–H groups in total. The van der Waals surface area contributed by atoms with E-state index in [9.17, 15) is 4.79 Å². The summed E-state index contributed by atoms with van der Waals surface area (Å²) in [7, 11) is 1.70. The third-order valence-electron chi connectivity index (χ3n) is 6.64. The molecule has 5 rings (SSSR count). The van der Waals surface area contributed by atoms with Crippen LogP contribution in [0.3, 0.4) is 0 Å². The van der Waals surface area contributed by atoms with Crippen molar-refractivity contribution in [2.45, 2.75) is 38.8 Å². The number of ether oxygens (including phenoxy) is 3. The van der Waals surface area contributed by atoms with E-state index >= 15 is 0 Å². The Morgan fingerprint density at radius 3 is 3.00 bits per heavy atom. The Balaban J connectivity index is 1.52. The maximum atomic E-state index is 11.6. The number of nitrogens with one attached hydrogen (secondary N) is 1. The molecule has 3 aliphatic rings. The van der Waals surface area contributed by atoms with E-state index in [1.54, 1.807) is 13.4 Å². The van der Waals surface area contributed by atoms with Gasteiger partial charge in [0.05, 0.1) is 19.3 Å². The summed E-state index contributed by atoms with van der Waals surface area (Å²) in [5, 5.41) is 1.29. The van der Waals surface area contributed by atoms with E-state index in [1.807, 2.05) is 6.07 Å². The number of H-pyrrole nitrogens is 1. The predicted octanol–water partition coefficient (Wildman–Crippen LogP) is 3.54. The number of nitrogens with zero attached hydrogens (tertiary/aromatic N) is 1. The van der Waals surface area contributed by atoms with Gasteiger partial charge in [0.1, 0.15) is 17.8 Å². The second-order valence-corrected chi connectivity index (χ2v) is 8.15. The Hall–Kier alpha value is -2.47. The average Bonchev–Trinajstić information content (AvgIpc) is 3.07. The number of benzene rings is 1. The zero-order valence-corrected chi connectivity index (χ0v) is 16.5. The molecule has 1 aromatic carbocycles. The van der Waals surface area contributed by atoms with Gasteiger partial charge in [-0.2, -0.15) is 0 Å². The quantitative estimate of drug-likeness (QED) is 0.805. The van der Waals surface area contributed by atoms with Gasteiger partial charge < -0.3 is 19.2 Å². The van der Waals surface area contributed by atoms with Crippen LogP contribution in [0.4, 0.5) is 0 Å². The molecule has 1 aromatic heterocycles. The lowest BCUT2D eigenvalue weighted by molar-refractivity contribution is -0.141. The minimum atomic E-state index is -0.285. The van der Waals surface area contributed by atoms with Gasteiger partial charge in [-0.3, -0.25) is 9.69 Å². The number of aromatic amines is 1. The number of methoxy groups -OCH3 is 1. The SMILES string of the molecule is COc1ccc2c3c([nH]c2c1)[C@H]1C[C@H]2C(OC(C)=O)=CO[C@H](C)[C@H]2CN1CC3. The van der Waals surface area contributed by atoms with Gasteiger partial charge in [-0.15, -0.1) is 0 Å². The summed E-state index contributed by atoms with van der Waals surface area (Å²) in [6, 6.07) is 6.56. The highest BCUT2D eigenvalue weighted by molar-refractivity contribution is 5.86. The number of fused-ring (bicyclic) bond motifs is 6. The fourth-order valence-electron chi connectivity index (χ4n) is 5.26. The first-order chi connectivity index (χ1) is 13.5. The van der Waals surface area contributed by atoms with Gasteiger partial charge in [-0.25, -0.2) is 0 Å². The van der Waals surface area contributed by atoms with Gasteiger partial charge in [0, 0.05) is 54.5 Å². The summed E-state index contributed by atoms with van der Waals surface area (Å²) in [6.45, 7) is 5.56. The fraction of sp³-hybridized carbons (Fsp3) is 0.500. The largest absolute Gasteiger partial charge is 0.497 e. The van der Waals surface area contributed by atoms with Gasteiger partial charge in [-0.05, 0) is 37.5 Å². The van der Waals surface area contributed by atoms with Crippen molar-refractivity contribution in [1.29, 1.82) is 0 Å². The topological polar surface area (TPSA) is 63.8 Å². The Labute approximate surface area is 164 Å². The van der Waals surface area contributed by atoms with E-state index in [1.165, 1.54) is 23.6 Å². The zero-order chi connectivity index (χ0) is 19.4. The smallest absolute Gasteiger partial charge is 0.307 e. The predicted molar refractivity (Wildman–Crippen MR) is 105 cm³/mol. The fourth-order valence-corrected chi connectivity index (χ4v) is 5.26. The maximum Gasteiger partial charge on any atom is 0.307 e. The minimum Gasteiger partial charge on any atom is -0.497 e. The van der Waals surface area contributed by atoms with Crippen LogP contribution in [0, 0.1) is 11.8 Å². The van der Waals surface area contributed by atoms with Crippen LogP contribution in [0.1, 0.15) is 37.6 Å². The Kier molecular flexibility index (Phi) is 4.12. The highest BCUT2D eigenvalue weighted by atomic mass is 16.6. The highest BCUT2D eigenvalue weighted by Gasteiger charge is 2.46. The highest BCUT2D eigenvalue weighted by Crippen LogP contribution is 2.47. The van der Waals surface area contributed by atoms with Crippen LogP contribution < -0.4 is 4.74 Å². The van der Waals surface area contributed by atoms with Gasteiger partial charge >= 0.3 is 5.97 Å². The molecule has 0 radical (unpaired) electrons. The number of hydrogen-bond donors (Lipinski definition) is 1. The molecule has 6 heteroatoms. The van der Waals surface area contributed by atoms with Crippen LogP contribution in [-0.2, 0) is 20.7 Å². The summed E-state index contributed by atoms with van der Waals surface area (Å²) >= 11 is 0. The van der Waals surface area contributed by atoms with E-state index in [2.05, 4.69) is 28.9 Å². The first kappa shape index (κ1) is 17.6. The lowest BCUT2D eigenvalue weighted by Crippen LogP contribution is -2.51. The molecule has 4 atom stereocenters. The summed E-state index contributed by atoms with van der Waals surface area (Å²) in [5.41, 5.74) is 3.84. The van der Waals surface area contributed by atoms with Crippen LogP contribution in [0.5, 0.6) is 5.75 Å². The van der Waals surface area contributed by atoms with Crippen molar-refractivity contribution in [3.8, 4) is 5.75 Å². The molecule has 4 heterocycles. The molecule has 1 saturated heterocycles. The summed E-state index contributed by atoms with van der Waals surface area (Å²) in [6.07, 6.45) is 3.74. The zero-order valence-electron chi connectivity index (χ0n) is 16.5. The second kappa shape index (κ2) is 6.55. The van der Waals surface area contributed by atoms with Crippen LogP contribution in [-0.4, -0.2) is 42.2 Å². The summed E-state index contributed by atoms with van der Waals surface area (Å²) < 4.78 is 16.7. The van der Waals surface area contributed by atoms with Gasteiger partial charge in [-0.1, -0.05) is 0 Å². The lowest BCUT2D eigenvalue weighted by Gasteiger charge is -2.49. The number of aromatic nitrogens is 1. The average molecular weight is 382 g/mol. The van der Waals surface area contributed by atoms with Crippen LogP contribution in [0.15, 0.2) is 30.2 Å². The Morgan fingerprint density at radius 2 is 2.21 bits per heavy atom. The number of piperidine rings is 1. The Morgan fingerprint density at radius 1 is 1.36 bits per heavy atom. The number of carbonyl (C=O) groups is 1. The summed E-state index contributed by atoms with van der Waals surface area (Å²) in [4.78, 5) is 17.8. The molecule has 0 saturated carbocycles. The molecular formula is C22H26N2O4. The van der Waals surface area contributed by atoms with Crippen molar-refractivity contribution >= 4 is 16.9 Å². The lowest BCUT2D eigenvalue weighted by atomic mass is 9.74. The van der Waals surface area contributed by atoms with Crippen LogP contribution >= 0.6 is 0 Å². The van der Waals surface area contributed by atoms with Crippen molar-refractivity contribution < 1.29 is 19.0 Å². The molecule has 1 fully saturated rings. The van der Waals surface area contributed by atoms with E-state index in [-0.39, 0.29) is 18.0 Å². The van der Waals surface area contributed by atoms with Crippen molar-refractivity contribution in [3.63, 3.8) is 0 Å². The Bertz CT molecular complexity index is 963. The van der Waals surface area contributed by atoms with Gasteiger partial charge in [0.15, 0.2) is 0 Å². The van der Waals surface area contributed by atoms with Gasteiger partial charge in [0.2, 0.25) is 0 Å². The van der Waals surface area contributed by atoms with E-state index < -0.39 is 0 Å². The molecular weight excluding hydrogens is 356 g/mol. The number of hydrogen-bond acceptors (Lipinski definition) is 5. The molecule has 28 heavy (non-hydrogen) atoms. The van der Waals surface area contributed by atoms with Crippen molar-refractivity contribution in [2.75, 3.05) is 20.2 Å². The number of allylic oxidation sites excluding steroid dienone is 1. The van der Waals surface area contributed by atoms with Crippen molar-refractivity contribution in [3.05, 3.63) is 41.5 Å². The third kappa shape index (κ3) is 2.70. The normalized spacial score (nSPS) is 29.2. The molecule has 0 amide bonds. The van der Waals surface area contributed by atoms with E-state index in [4.69, 9.17) is 14.2 Å². The monoisotopic (exact) mass is 382 g/mol.